The van der Waals surface area contributed by atoms with Crippen LogP contribution < -0.4 is 10.1 Å². The maximum atomic E-state index is 12.9. The van der Waals surface area contributed by atoms with E-state index < -0.39 is 0 Å². The minimum Gasteiger partial charge on any atom is -0.497 e. The standard InChI is InChI=1S/C22H24N4O3/c1-14-6-4-7-18(15(14)2)23-22(27)26-13-5-8-19(26)21-24-20(25-29-21)16-9-11-17(28-3)12-10-16/h4,6-7,9-12,19H,5,8,13H2,1-3H3,(H,23,27)/t19-/m0/s1. The van der Waals surface area contributed by atoms with Gasteiger partial charge in [0.2, 0.25) is 11.7 Å². The first-order valence-electron chi connectivity index (χ1n) is 9.68. The van der Waals surface area contributed by atoms with Crippen molar-refractivity contribution >= 4 is 11.7 Å². The molecule has 4 rings (SSSR count). The summed E-state index contributed by atoms with van der Waals surface area (Å²) in [6.45, 7) is 4.69. The van der Waals surface area contributed by atoms with Gasteiger partial charge in [0.25, 0.3) is 0 Å². The van der Waals surface area contributed by atoms with Gasteiger partial charge in [-0.1, -0.05) is 17.3 Å². The van der Waals surface area contributed by atoms with Crippen LogP contribution in [-0.4, -0.2) is 34.7 Å². The summed E-state index contributed by atoms with van der Waals surface area (Å²) in [5, 5.41) is 7.13. The molecule has 7 nitrogen and oxygen atoms in total. The van der Waals surface area contributed by atoms with E-state index >= 15 is 0 Å². The summed E-state index contributed by atoms with van der Waals surface area (Å²) >= 11 is 0. The van der Waals surface area contributed by atoms with Crippen LogP contribution in [0.1, 0.15) is 35.9 Å². The van der Waals surface area contributed by atoms with Crippen molar-refractivity contribution in [3.05, 3.63) is 59.5 Å². The van der Waals surface area contributed by atoms with Crippen LogP contribution in [0.15, 0.2) is 47.0 Å². The second-order valence-corrected chi connectivity index (χ2v) is 7.21. The highest BCUT2D eigenvalue weighted by molar-refractivity contribution is 5.90. The Morgan fingerprint density at radius 3 is 2.76 bits per heavy atom. The maximum absolute atomic E-state index is 12.9. The number of nitrogens with zero attached hydrogens (tertiary/aromatic N) is 3. The first-order chi connectivity index (χ1) is 14.1. The number of ether oxygens (including phenoxy) is 1. The van der Waals surface area contributed by atoms with E-state index in [0.29, 0.717) is 18.3 Å². The van der Waals surface area contributed by atoms with Gasteiger partial charge < -0.3 is 19.5 Å². The van der Waals surface area contributed by atoms with Gasteiger partial charge >= 0.3 is 6.03 Å². The van der Waals surface area contributed by atoms with E-state index in [4.69, 9.17) is 9.26 Å². The summed E-state index contributed by atoms with van der Waals surface area (Å²) in [4.78, 5) is 19.2. The molecule has 3 aromatic rings. The third-order valence-corrected chi connectivity index (χ3v) is 5.43. The average molecular weight is 392 g/mol. The molecular weight excluding hydrogens is 368 g/mol. The van der Waals surface area contributed by atoms with Gasteiger partial charge in [-0.25, -0.2) is 4.79 Å². The molecule has 7 heteroatoms. The summed E-state index contributed by atoms with van der Waals surface area (Å²) in [6.07, 6.45) is 1.69. The number of rotatable bonds is 4. The monoisotopic (exact) mass is 392 g/mol. The van der Waals surface area contributed by atoms with Crippen molar-refractivity contribution in [2.45, 2.75) is 32.7 Å². The number of likely N-dealkylation sites (tertiary alicyclic amines) is 1. The molecule has 0 radical (unpaired) electrons. The fourth-order valence-electron chi connectivity index (χ4n) is 3.57. The van der Waals surface area contributed by atoms with Crippen molar-refractivity contribution in [2.24, 2.45) is 0 Å². The molecule has 2 heterocycles. The lowest BCUT2D eigenvalue weighted by Gasteiger charge is -2.23. The molecular formula is C22H24N4O3. The predicted octanol–water partition coefficient (Wildman–Crippen LogP) is 4.73. The third-order valence-electron chi connectivity index (χ3n) is 5.43. The number of hydrogen-bond acceptors (Lipinski definition) is 5. The Kier molecular flexibility index (Phi) is 5.20. The fraction of sp³-hybridized carbons (Fsp3) is 0.318. The molecule has 1 atom stereocenters. The van der Waals surface area contributed by atoms with Crippen molar-refractivity contribution in [2.75, 3.05) is 19.0 Å². The lowest BCUT2D eigenvalue weighted by molar-refractivity contribution is 0.193. The molecule has 1 aromatic heterocycles. The van der Waals surface area contributed by atoms with Crippen LogP contribution in [0.4, 0.5) is 10.5 Å². The Morgan fingerprint density at radius 1 is 1.21 bits per heavy atom. The van der Waals surface area contributed by atoms with E-state index in [-0.39, 0.29) is 12.1 Å². The maximum Gasteiger partial charge on any atom is 0.322 e. The molecule has 0 spiro atoms. The zero-order valence-corrected chi connectivity index (χ0v) is 16.8. The van der Waals surface area contributed by atoms with Gasteiger partial charge in [0.1, 0.15) is 11.8 Å². The van der Waals surface area contributed by atoms with Crippen LogP contribution in [0.5, 0.6) is 5.75 Å². The number of aromatic nitrogens is 2. The largest absolute Gasteiger partial charge is 0.497 e. The number of aryl methyl sites for hydroxylation is 1. The molecule has 0 saturated carbocycles. The number of carbonyl (C=O) groups excluding carboxylic acids is 1. The summed E-state index contributed by atoms with van der Waals surface area (Å²) in [6, 6.07) is 13.0. The lowest BCUT2D eigenvalue weighted by atomic mass is 10.1. The number of anilines is 1. The Morgan fingerprint density at radius 2 is 2.00 bits per heavy atom. The Balaban J connectivity index is 1.51. The zero-order valence-electron chi connectivity index (χ0n) is 16.8. The second kappa shape index (κ2) is 7.95. The van der Waals surface area contributed by atoms with Gasteiger partial charge in [-0.15, -0.1) is 0 Å². The normalized spacial score (nSPS) is 16.1. The number of hydrogen-bond donors (Lipinski definition) is 1. The highest BCUT2D eigenvalue weighted by atomic mass is 16.5. The van der Waals surface area contributed by atoms with Crippen molar-refractivity contribution in [3.8, 4) is 17.1 Å². The highest BCUT2D eigenvalue weighted by Gasteiger charge is 2.34. The SMILES string of the molecule is COc1ccc(-c2noc([C@@H]3CCCN3C(=O)Nc3cccc(C)c3C)n2)cc1. The van der Waals surface area contributed by atoms with Gasteiger partial charge in [0.05, 0.1) is 7.11 Å². The van der Waals surface area contributed by atoms with Gasteiger partial charge in [0.15, 0.2) is 0 Å². The minimum absolute atomic E-state index is 0.148. The lowest BCUT2D eigenvalue weighted by Crippen LogP contribution is -2.34. The zero-order chi connectivity index (χ0) is 20.4. The Labute approximate surface area is 169 Å². The summed E-state index contributed by atoms with van der Waals surface area (Å²) in [5.41, 5.74) is 3.87. The third kappa shape index (κ3) is 3.81. The molecule has 0 bridgehead atoms. The van der Waals surface area contributed by atoms with E-state index in [1.807, 2.05) is 56.3 Å². The Bertz CT molecular complexity index is 1010. The second-order valence-electron chi connectivity index (χ2n) is 7.21. The molecule has 2 amide bonds. The van der Waals surface area contributed by atoms with Crippen LogP contribution in [0.2, 0.25) is 0 Å². The first kappa shape index (κ1) is 19.0. The van der Waals surface area contributed by atoms with Gasteiger partial charge in [-0.3, -0.25) is 0 Å². The van der Waals surface area contributed by atoms with E-state index in [9.17, 15) is 4.79 Å². The molecule has 1 aliphatic heterocycles. The van der Waals surface area contributed by atoms with E-state index in [1.54, 1.807) is 12.0 Å². The van der Waals surface area contributed by atoms with Crippen LogP contribution in [0.3, 0.4) is 0 Å². The molecule has 29 heavy (non-hydrogen) atoms. The molecule has 1 saturated heterocycles. The van der Waals surface area contributed by atoms with Crippen molar-refractivity contribution in [1.82, 2.24) is 15.0 Å². The number of urea groups is 1. The summed E-state index contributed by atoms with van der Waals surface area (Å²) in [7, 11) is 1.62. The van der Waals surface area contributed by atoms with E-state index in [0.717, 1.165) is 41.0 Å². The van der Waals surface area contributed by atoms with Crippen molar-refractivity contribution in [3.63, 3.8) is 0 Å². The summed E-state index contributed by atoms with van der Waals surface area (Å²) < 4.78 is 10.7. The summed E-state index contributed by atoms with van der Waals surface area (Å²) in [5.74, 6) is 1.73. The van der Waals surface area contributed by atoms with Gasteiger partial charge in [0, 0.05) is 17.8 Å². The van der Waals surface area contributed by atoms with Crippen molar-refractivity contribution in [1.29, 1.82) is 0 Å². The quantitative estimate of drug-likeness (QED) is 0.694. The molecule has 2 aromatic carbocycles. The predicted molar refractivity (Wildman–Crippen MR) is 110 cm³/mol. The molecule has 1 N–H and O–H groups in total. The first-order valence-corrected chi connectivity index (χ1v) is 9.68. The topological polar surface area (TPSA) is 80.5 Å². The van der Waals surface area contributed by atoms with E-state index in [1.165, 1.54) is 0 Å². The molecule has 0 unspecified atom stereocenters. The minimum atomic E-state index is -0.223. The molecule has 1 fully saturated rings. The average Bonchev–Trinajstić information content (AvgIpc) is 3.41. The van der Waals surface area contributed by atoms with Crippen LogP contribution >= 0.6 is 0 Å². The number of carbonyl (C=O) groups is 1. The van der Waals surface area contributed by atoms with E-state index in [2.05, 4.69) is 15.5 Å². The van der Waals surface area contributed by atoms with Crippen LogP contribution in [0.25, 0.3) is 11.4 Å². The molecule has 150 valence electrons. The van der Waals surface area contributed by atoms with Crippen molar-refractivity contribution < 1.29 is 14.1 Å². The Hall–Kier alpha value is -3.35. The number of amides is 2. The number of nitrogens with one attached hydrogen (secondary N) is 1. The molecule has 0 aliphatic carbocycles. The molecule has 1 aliphatic rings. The van der Waals surface area contributed by atoms with Gasteiger partial charge in [-0.05, 0) is 68.1 Å². The van der Waals surface area contributed by atoms with Gasteiger partial charge in [-0.2, -0.15) is 4.98 Å². The highest BCUT2D eigenvalue weighted by Crippen LogP contribution is 2.33. The fourth-order valence-corrected chi connectivity index (χ4v) is 3.57. The number of methoxy groups -OCH3 is 1. The number of benzene rings is 2. The van der Waals surface area contributed by atoms with Crippen LogP contribution in [-0.2, 0) is 0 Å². The smallest absolute Gasteiger partial charge is 0.322 e. The van der Waals surface area contributed by atoms with Crippen LogP contribution in [0, 0.1) is 13.8 Å².